The molecule has 3 nitrogen and oxygen atoms in total. The molecule has 1 amide bonds. The second-order valence-corrected chi connectivity index (χ2v) is 4.77. The highest BCUT2D eigenvalue weighted by Crippen LogP contribution is 2.25. The molecule has 2 rings (SSSR count). The monoisotopic (exact) mass is 290 g/mol. The number of hydrogen-bond donors (Lipinski definition) is 2. The minimum atomic E-state index is -0.639. The van der Waals surface area contributed by atoms with Gasteiger partial charge < -0.3 is 10.6 Å². The van der Waals surface area contributed by atoms with Crippen molar-refractivity contribution in [2.45, 2.75) is 19.9 Å². The topological polar surface area (TPSA) is 41.1 Å². The second-order valence-electron chi connectivity index (χ2n) is 4.77. The number of benzene rings is 2. The second kappa shape index (κ2) is 6.35. The highest BCUT2D eigenvalue weighted by Gasteiger charge is 2.13. The van der Waals surface area contributed by atoms with E-state index in [1.54, 1.807) is 25.1 Å². The molecule has 0 spiro atoms. The van der Waals surface area contributed by atoms with Gasteiger partial charge in [0.15, 0.2) is 0 Å². The number of hydrogen-bond acceptors (Lipinski definition) is 2. The molecule has 0 aliphatic heterocycles. The number of amides is 1. The van der Waals surface area contributed by atoms with E-state index >= 15 is 0 Å². The maximum atomic E-state index is 13.6. The van der Waals surface area contributed by atoms with E-state index in [9.17, 15) is 13.6 Å². The summed E-state index contributed by atoms with van der Waals surface area (Å²) in [5.41, 5.74) is 1.29. The van der Waals surface area contributed by atoms with Crippen LogP contribution in [-0.4, -0.2) is 5.91 Å². The summed E-state index contributed by atoms with van der Waals surface area (Å²) < 4.78 is 27.2. The van der Waals surface area contributed by atoms with Crippen LogP contribution in [0.3, 0.4) is 0 Å². The van der Waals surface area contributed by atoms with Crippen LogP contribution in [0.5, 0.6) is 0 Å². The van der Waals surface area contributed by atoms with E-state index in [4.69, 9.17) is 0 Å². The molecule has 0 saturated carbocycles. The summed E-state index contributed by atoms with van der Waals surface area (Å²) >= 11 is 0. The number of anilines is 2. The lowest BCUT2D eigenvalue weighted by molar-refractivity contribution is -0.114. The van der Waals surface area contributed by atoms with Gasteiger partial charge in [0.05, 0.1) is 0 Å². The SMILES string of the molecule is CC(=O)Nc1cccc(C(C)Nc2c(F)cccc2F)c1. The Morgan fingerprint density at radius 3 is 2.33 bits per heavy atom. The van der Waals surface area contributed by atoms with Gasteiger partial charge >= 0.3 is 0 Å². The fraction of sp³-hybridized carbons (Fsp3) is 0.188. The van der Waals surface area contributed by atoms with Crippen LogP contribution >= 0.6 is 0 Å². The third kappa shape index (κ3) is 3.78. The fourth-order valence-electron chi connectivity index (χ4n) is 2.02. The number of para-hydroxylation sites is 1. The number of nitrogens with one attached hydrogen (secondary N) is 2. The third-order valence-corrected chi connectivity index (χ3v) is 3.03. The van der Waals surface area contributed by atoms with Gasteiger partial charge in [-0.25, -0.2) is 8.78 Å². The number of halogens is 2. The zero-order chi connectivity index (χ0) is 15.4. The minimum Gasteiger partial charge on any atom is -0.374 e. The van der Waals surface area contributed by atoms with E-state index in [0.29, 0.717) is 5.69 Å². The van der Waals surface area contributed by atoms with Crippen molar-refractivity contribution in [2.24, 2.45) is 0 Å². The average Bonchev–Trinajstić information content (AvgIpc) is 2.42. The van der Waals surface area contributed by atoms with Crippen molar-refractivity contribution < 1.29 is 13.6 Å². The van der Waals surface area contributed by atoms with E-state index in [1.165, 1.54) is 25.1 Å². The molecule has 0 aliphatic rings. The molecule has 0 bridgehead atoms. The Morgan fingerprint density at radius 2 is 1.71 bits per heavy atom. The predicted octanol–water partition coefficient (Wildman–Crippen LogP) is 4.10. The first-order valence-corrected chi connectivity index (χ1v) is 6.55. The van der Waals surface area contributed by atoms with Crippen LogP contribution in [0, 0.1) is 11.6 Å². The molecule has 0 aromatic heterocycles. The van der Waals surface area contributed by atoms with Crippen molar-refractivity contribution in [1.29, 1.82) is 0 Å². The summed E-state index contributed by atoms with van der Waals surface area (Å²) in [6.45, 7) is 3.21. The molecule has 21 heavy (non-hydrogen) atoms. The van der Waals surface area contributed by atoms with Gasteiger partial charge in [0, 0.05) is 18.7 Å². The van der Waals surface area contributed by atoms with Crippen LogP contribution in [0.4, 0.5) is 20.2 Å². The quantitative estimate of drug-likeness (QED) is 0.890. The van der Waals surface area contributed by atoms with Gasteiger partial charge in [-0.3, -0.25) is 4.79 Å². The van der Waals surface area contributed by atoms with Crippen LogP contribution in [0.25, 0.3) is 0 Å². The average molecular weight is 290 g/mol. The summed E-state index contributed by atoms with van der Waals surface area (Å²) in [7, 11) is 0. The van der Waals surface area contributed by atoms with Crippen LogP contribution in [0.2, 0.25) is 0 Å². The Morgan fingerprint density at radius 1 is 1.10 bits per heavy atom. The van der Waals surface area contributed by atoms with Crippen molar-refractivity contribution in [3.8, 4) is 0 Å². The molecule has 110 valence electrons. The Hall–Kier alpha value is -2.43. The van der Waals surface area contributed by atoms with E-state index in [2.05, 4.69) is 10.6 Å². The molecular formula is C16H16F2N2O. The van der Waals surface area contributed by atoms with E-state index < -0.39 is 11.6 Å². The molecular weight excluding hydrogens is 274 g/mol. The Balaban J connectivity index is 2.20. The van der Waals surface area contributed by atoms with Gasteiger partial charge in [-0.05, 0) is 36.8 Å². The van der Waals surface area contributed by atoms with Crippen LogP contribution in [-0.2, 0) is 4.79 Å². The summed E-state index contributed by atoms with van der Waals surface area (Å²) in [5, 5.41) is 5.48. The molecule has 2 aromatic rings. The van der Waals surface area contributed by atoms with Crippen LogP contribution in [0.15, 0.2) is 42.5 Å². The molecule has 2 N–H and O–H groups in total. The first kappa shape index (κ1) is 15.0. The molecule has 2 aromatic carbocycles. The van der Waals surface area contributed by atoms with Crippen LogP contribution in [0.1, 0.15) is 25.5 Å². The van der Waals surface area contributed by atoms with Crippen LogP contribution < -0.4 is 10.6 Å². The fourth-order valence-corrected chi connectivity index (χ4v) is 2.02. The minimum absolute atomic E-state index is 0.157. The highest BCUT2D eigenvalue weighted by atomic mass is 19.1. The van der Waals surface area contributed by atoms with Crippen molar-refractivity contribution in [3.63, 3.8) is 0 Å². The van der Waals surface area contributed by atoms with Gasteiger partial charge in [0.1, 0.15) is 17.3 Å². The van der Waals surface area contributed by atoms with Gasteiger partial charge in [-0.1, -0.05) is 18.2 Å². The third-order valence-electron chi connectivity index (χ3n) is 3.03. The lowest BCUT2D eigenvalue weighted by Gasteiger charge is -2.17. The smallest absolute Gasteiger partial charge is 0.221 e. The molecule has 1 unspecified atom stereocenters. The molecule has 5 heteroatoms. The van der Waals surface area contributed by atoms with E-state index in [-0.39, 0.29) is 17.6 Å². The lowest BCUT2D eigenvalue weighted by Crippen LogP contribution is -2.11. The predicted molar refractivity (Wildman–Crippen MR) is 79.1 cm³/mol. The first-order valence-electron chi connectivity index (χ1n) is 6.55. The Kier molecular flexibility index (Phi) is 4.52. The first-order chi connectivity index (χ1) is 9.97. The normalized spacial score (nSPS) is 11.8. The summed E-state index contributed by atoms with van der Waals surface area (Å²) in [4.78, 5) is 11.0. The van der Waals surface area contributed by atoms with Gasteiger partial charge in [-0.15, -0.1) is 0 Å². The van der Waals surface area contributed by atoms with Gasteiger partial charge in [-0.2, -0.15) is 0 Å². The van der Waals surface area contributed by atoms with Crippen molar-refractivity contribution in [1.82, 2.24) is 0 Å². The summed E-state index contributed by atoms with van der Waals surface area (Å²) in [5.74, 6) is -1.45. The Labute approximate surface area is 122 Å². The number of carbonyl (C=O) groups excluding carboxylic acids is 1. The van der Waals surface area contributed by atoms with Crippen molar-refractivity contribution in [3.05, 3.63) is 59.7 Å². The molecule has 0 radical (unpaired) electrons. The largest absolute Gasteiger partial charge is 0.374 e. The molecule has 0 fully saturated rings. The maximum absolute atomic E-state index is 13.6. The van der Waals surface area contributed by atoms with Gasteiger partial charge in [0.2, 0.25) is 5.91 Å². The molecule has 0 saturated heterocycles. The lowest BCUT2D eigenvalue weighted by atomic mass is 10.1. The Bertz CT molecular complexity index is 638. The number of rotatable bonds is 4. The van der Waals surface area contributed by atoms with E-state index in [1.807, 2.05) is 6.07 Å². The van der Waals surface area contributed by atoms with E-state index in [0.717, 1.165) is 5.56 Å². The zero-order valence-electron chi connectivity index (χ0n) is 11.8. The molecule has 0 aliphatic carbocycles. The summed E-state index contributed by atoms with van der Waals surface area (Å²) in [6, 6.07) is 10.5. The molecule has 1 atom stereocenters. The maximum Gasteiger partial charge on any atom is 0.221 e. The zero-order valence-corrected chi connectivity index (χ0v) is 11.8. The molecule has 0 heterocycles. The summed E-state index contributed by atoms with van der Waals surface area (Å²) in [6.07, 6.45) is 0. The highest BCUT2D eigenvalue weighted by molar-refractivity contribution is 5.88. The number of carbonyl (C=O) groups is 1. The standard InChI is InChI=1S/C16H16F2N2O/c1-10(19-16-14(17)7-4-8-15(16)18)12-5-3-6-13(9-12)20-11(2)21/h3-10,19H,1-2H3,(H,20,21). The van der Waals surface area contributed by atoms with Crippen molar-refractivity contribution in [2.75, 3.05) is 10.6 Å². The van der Waals surface area contributed by atoms with Crippen molar-refractivity contribution >= 4 is 17.3 Å². The van der Waals surface area contributed by atoms with Gasteiger partial charge in [0.25, 0.3) is 0 Å².